The van der Waals surface area contributed by atoms with E-state index in [0.717, 1.165) is 15.2 Å². The number of piperazine rings is 1. The molecule has 0 saturated carbocycles. The van der Waals surface area contributed by atoms with Gasteiger partial charge in [0.15, 0.2) is 0 Å². The molecular formula is C14H15BrN2O2S. The molecule has 1 N–H and O–H groups in total. The predicted octanol–water partition coefficient (Wildman–Crippen LogP) is 2.20. The molecule has 3 rings (SSSR count). The van der Waals surface area contributed by atoms with Gasteiger partial charge in [0.05, 0.1) is 4.90 Å². The van der Waals surface area contributed by atoms with Crippen molar-refractivity contribution < 1.29 is 8.42 Å². The van der Waals surface area contributed by atoms with Gasteiger partial charge < -0.3 is 5.32 Å². The van der Waals surface area contributed by atoms with Crippen LogP contribution >= 0.6 is 15.9 Å². The van der Waals surface area contributed by atoms with Crippen LogP contribution in [0.1, 0.15) is 0 Å². The summed E-state index contributed by atoms with van der Waals surface area (Å²) in [5.41, 5.74) is 0. The molecule has 1 heterocycles. The molecule has 1 aliphatic rings. The molecule has 0 spiro atoms. The number of nitrogens with one attached hydrogen (secondary N) is 1. The summed E-state index contributed by atoms with van der Waals surface area (Å²) in [5.74, 6) is 0. The van der Waals surface area contributed by atoms with Crippen LogP contribution in [0.5, 0.6) is 0 Å². The smallest absolute Gasteiger partial charge is 0.243 e. The van der Waals surface area contributed by atoms with Gasteiger partial charge in [0.25, 0.3) is 0 Å². The van der Waals surface area contributed by atoms with Crippen LogP contribution in [0.25, 0.3) is 10.8 Å². The molecule has 20 heavy (non-hydrogen) atoms. The van der Waals surface area contributed by atoms with Gasteiger partial charge in [-0.15, -0.1) is 0 Å². The number of rotatable bonds is 2. The van der Waals surface area contributed by atoms with Gasteiger partial charge in [0.2, 0.25) is 10.0 Å². The highest BCUT2D eigenvalue weighted by molar-refractivity contribution is 9.10. The summed E-state index contributed by atoms with van der Waals surface area (Å²) >= 11 is 3.42. The molecule has 2 aromatic rings. The Labute approximate surface area is 127 Å². The Morgan fingerprint density at radius 2 is 1.65 bits per heavy atom. The molecule has 1 aliphatic heterocycles. The normalized spacial score (nSPS) is 17.4. The molecule has 1 fully saturated rings. The fraction of sp³-hybridized carbons (Fsp3) is 0.286. The molecule has 6 heteroatoms. The van der Waals surface area contributed by atoms with Gasteiger partial charge in [0, 0.05) is 30.7 Å². The summed E-state index contributed by atoms with van der Waals surface area (Å²) < 4.78 is 27.7. The lowest BCUT2D eigenvalue weighted by Crippen LogP contribution is -2.46. The second-order valence-electron chi connectivity index (χ2n) is 4.81. The van der Waals surface area contributed by atoms with E-state index in [1.807, 2.05) is 24.3 Å². The van der Waals surface area contributed by atoms with Crippen molar-refractivity contribution in [2.75, 3.05) is 26.2 Å². The van der Waals surface area contributed by atoms with Crippen LogP contribution in [0.4, 0.5) is 0 Å². The summed E-state index contributed by atoms with van der Waals surface area (Å²) in [4.78, 5) is 0.370. The van der Waals surface area contributed by atoms with Crippen LogP contribution in [0.15, 0.2) is 45.8 Å². The monoisotopic (exact) mass is 354 g/mol. The van der Waals surface area contributed by atoms with E-state index >= 15 is 0 Å². The molecule has 0 atom stereocenters. The summed E-state index contributed by atoms with van der Waals surface area (Å²) in [6.45, 7) is 2.47. The zero-order valence-electron chi connectivity index (χ0n) is 10.8. The summed E-state index contributed by atoms with van der Waals surface area (Å²) in [6, 6.07) is 11.1. The quantitative estimate of drug-likeness (QED) is 0.899. The van der Waals surface area contributed by atoms with Gasteiger partial charge in [-0.05, 0) is 35.0 Å². The number of nitrogens with zero attached hydrogens (tertiary/aromatic N) is 1. The van der Waals surface area contributed by atoms with E-state index in [9.17, 15) is 8.42 Å². The van der Waals surface area contributed by atoms with E-state index in [-0.39, 0.29) is 0 Å². The minimum absolute atomic E-state index is 0.370. The van der Waals surface area contributed by atoms with Crippen molar-refractivity contribution in [1.29, 1.82) is 0 Å². The van der Waals surface area contributed by atoms with Gasteiger partial charge in [-0.2, -0.15) is 4.31 Å². The average Bonchev–Trinajstić information content (AvgIpc) is 2.47. The third kappa shape index (κ3) is 2.61. The highest BCUT2D eigenvalue weighted by Crippen LogP contribution is 2.24. The lowest BCUT2D eigenvalue weighted by molar-refractivity contribution is 0.360. The molecule has 4 nitrogen and oxygen atoms in total. The molecule has 106 valence electrons. The first-order valence-corrected chi connectivity index (χ1v) is 8.71. The van der Waals surface area contributed by atoms with E-state index in [0.29, 0.717) is 31.1 Å². The standard InChI is InChI=1S/C14H15BrN2O2S/c15-13-3-1-12-10-14(4-2-11(12)9-13)20(18,19)17-7-5-16-6-8-17/h1-4,9-10,16H,5-8H2. The molecule has 1 saturated heterocycles. The maximum absolute atomic E-state index is 12.6. The van der Waals surface area contributed by atoms with Crippen LogP contribution in [0.2, 0.25) is 0 Å². The maximum Gasteiger partial charge on any atom is 0.243 e. The maximum atomic E-state index is 12.6. The Balaban J connectivity index is 2.02. The van der Waals surface area contributed by atoms with Crippen LogP contribution in [-0.2, 0) is 10.0 Å². The molecule has 0 bridgehead atoms. The molecule has 2 aromatic carbocycles. The van der Waals surface area contributed by atoms with Crippen molar-refractivity contribution in [2.45, 2.75) is 4.90 Å². The topological polar surface area (TPSA) is 49.4 Å². The Hall–Kier alpha value is -0.950. The van der Waals surface area contributed by atoms with Crippen LogP contribution in [-0.4, -0.2) is 38.9 Å². The fourth-order valence-electron chi connectivity index (χ4n) is 2.39. The highest BCUT2D eigenvalue weighted by atomic mass is 79.9. The van der Waals surface area contributed by atoms with E-state index < -0.39 is 10.0 Å². The van der Waals surface area contributed by atoms with Crippen molar-refractivity contribution in [3.05, 3.63) is 40.9 Å². The molecular weight excluding hydrogens is 340 g/mol. The Bertz CT molecular complexity index is 740. The zero-order valence-corrected chi connectivity index (χ0v) is 13.2. The zero-order chi connectivity index (χ0) is 14.2. The first kappa shape index (κ1) is 14.0. The minimum atomic E-state index is -3.38. The molecule has 0 aromatic heterocycles. The van der Waals surface area contributed by atoms with Gasteiger partial charge in [0.1, 0.15) is 0 Å². The molecule has 0 amide bonds. The van der Waals surface area contributed by atoms with Crippen LogP contribution < -0.4 is 5.32 Å². The number of hydrogen-bond acceptors (Lipinski definition) is 3. The van der Waals surface area contributed by atoms with Crippen LogP contribution in [0.3, 0.4) is 0 Å². The van der Waals surface area contributed by atoms with E-state index in [2.05, 4.69) is 21.2 Å². The Morgan fingerprint density at radius 1 is 1.00 bits per heavy atom. The third-order valence-electron chi connectivity index (χ3n) is 3.49. The van der Waals surface area contributed by atoms with E-state index in [1.54, 1.807) is 16.4 Å². The van der Waals surface area contributed by atoms with Gasteiger partial charge in [-0.1, -0.05) is 28.1 Å². The highest BCUT2D eigenvalue weighted by Gasteiger charge is 2.25. The average molecular weight is 355 g/mol. The van der Waals surface area contributed by atoms with E-state index in [1.165, 1.54) is 0 Å². The Kier molecular flexibility index (Phi) is 3.81. The van der Waals surface area contributed by atoms with Crippen molar-refractivity contribution in [3.63, 3.8) is 0 Å². The summed E-state index contributed by atoms with van der Waals surface area (Å²) in [6.07, 6.45) is 0. The van der Waals surface area contributed by atoms with Crippen molar-refractivity contribution in [1.82, 2.24) is 9.62 Å². The van der Waals surface area contributed by atoms with Crippen molar-refractivity contribution in [2.24, 2.45) is 0 Å². The number of halogens is 1. The number of benzene rings is 2. The second kappa shape index (κ2) is 5.44. The minimum Gasteiger partial charge on any atom is -0.314 e. The SMILES string of the molecule is O=S(=O)(c1ccc2cc(Br)ccc2c1)N1CCNCC1. The van der Waals surface area contributed by atoms with E-state index in [4.69, 9.17) is 0 Å². The first-order valence-electron chi connectivity index (χ1n) is 6.47. The van der Waals surface area contributed by atoms with Gasteiger partial charge >= 0.3 is 0 Å². The summed E-state index contributed by atoms with van der Waals surface area (Å²) in [5, 5.41) is 5.12. The molecule has 0 aliphatic carbocycles. The van der Waals surface area contributed by atoms with Gasteiger partial charge in [-0.25, -0.2) is 8.42 Å². The lowest BCUT2D eigenvalue weighted by Gasteiger charge is -2.26. The number of hydrogen-bond donors (Lipinski definition) is 1. The summed E-state index contributed by atoms with van der Waals surface area (Å²) in [7, 11) is -3.38. The number of fused-ring (bicyclic) bond motifs is 1. The number of sulfonamides is 1. The van der Waals surface area contributed by atoms with Crippen molar-refractivity contribution >= 4 is 36.7 Å². The largest absolute Gasteiger partial charge is 0.314 e. The molecule has 0 unspecified atom stereocenters. The van der Waals surface area contributed by atoms with Gasteiger partial charge in [-0.3, -0.25) is 0 Å². The van der Waals surface area contributed by atoms with Crippen molar-refractivity contribution in [3.8, 4) is 0 Å². The Morgan fingerprint density at radius 3 is 2.40 bits per heavy atom. The first-order chi connectivity index (χ1) is 9.57. The second-order valence-corrected chi connectivity index (χ2v) is 7.66. The lowest BCUT2D eigenvalue weighted by atomic mass is 10.1. The predicted molar refractivity (Wildman–Crippen MR) is 83.3 cm³/mol. The van der Waals surface area contributed by atoms with Crippen LogP contribution in [0, 0.1) is 0 Å². The molecule has 0 radical (unpaired) electrons. The fourth-order valence-corrected chi connectivity index (χ4v) is 4.25. The third-order valence-corrected chi connectivity index (χ3v) is 5.88.